The van der Waals surface area contributed by atoms with Gasteiger partial charge in [0.15, 0.2) is 16.7 Å². The van der Waals surface area contributed by atoms with E-state index < -0.39 is 46.1 Å². The number of nitrogens with zero attached hydrogens (tertiary/aromatic N) is 2. The maximum absolute atomic E-state index is 13.1. The van der Waals surface area contributed by atoms with E-state index in [-0.39, 0.29) is 15.6 Å². The number of aromatic nitrogens is 1. The van der Waals surface area contributed by atoms with Crippen molar-refractivity contribution >= 4 is 45.8 Å². The molecular formula is C15H11Cl2F3N2O4S. The van der Waals surface area contributed by atoms with Crippen LogP contribution in [-0.4, -0.2) is 34.1 Å². The monoisotopic (exact) mass is 442 g/mol. The van der Waals surface area contributed by atoms with Gasteiger partial charge in [0, 0.05) is 13.3 Å². The van der Waals surface area contributed by atoms with E-state index in [0.717, 1.165) is 22.6 Å². The number of alkyl halides is 3. The minimum Gasteiger partial charge on any atom is -0.476 e. The Kier molecular flexibility index (Phi) is 6.68. The maximum Gasteiger partial charge on any atom is 0.417 e. The number of carboxylic acid groups (broad SMARTS) is 1. The summed E-state index contributed by atoms with van der Waals surface area (Å²) in [5, 5.41) is 8.76. The predicted molar refractivity (Wildman–Crippen MR) is 93.4 cm³/mol. The average Bonchev–Trinajstić information content (AvgIpc) is 2.58. The molecule has 6 nitrogen and oxygen atoms in total. The molecule has 0 saturated heterocycles. The fourth-order valence-corrected chi connectivity index (χ4v) is 3.62. The summed E-state index contributed by atoms with van der Waals surface area (Å²) in [6.45, 7) is -0.404. The predicted octanol–water partition coefficient (Wildman–Crippen LogP) is 4.24. The number of pyridine rings is 1. The van der Waals surface area contributed by atoms with Crippen LogP contribution in [0.15, 0.2) is 35.4 Å². The van der Waals surface area contributed by atoms with Crippen LogP contribution in [0.5, 0.6) is 0 Å². The standard InChI is InChI=1S/C15H11Cl2F3N2O4S/c1-26-7-22(12-4-8(16)6-21-13(12)14(23)24)27(25)9-2-3-11(17)10(5-9)15(18,19)20/h2-6H,7H2,1H3,(H,23,24). The van der Waals surface area contributed by atoms with Crippen LogP contribution in [0.1, 0.15) is 16.1 Å². The van der Waals surface area contributed by atoms with Gasteiger partial charge in [-0.2, -0.15) is 13.2 Å². The van der Waals surface area contributed by atoms with E-state index >= 15 is 0 Å². The zero-order valence-electron chi connectivity index (χ0n) is 13.5. The first-order valence-electron chi connectivity index (χ1n) is 7.00. The number of carboxylic acids is 1. The molecule has 0 saturated carbocycles. The minimum atomic E-state index is -4.76. The smallest absolute Gasteiger partial charge is 0.417 e. The number of aromatic carboxylic acids is 1. The summed E-state index contributed by atoms with van der Waals surface area (Å²) in [5.41, 5.74) is -1.84. The number of anilines is 1. The Balaban J connectivity index is 2.58. The van der Waals surface area contributed by atoms with Crippen molar-refractivity contribution in [2.45, 2.75) is 11.1 Å². The molecule has 1 unspecified atom stereocenters. The SMILES string of the molecule is COCN(c1cc(Cl)cnc1C(=O)O)S(=O)c1ccc(Cl)c(C(F)(F)F)c1. The van der Waals surface area contributed by atoms with Crippen LogP contribution < -0.4 is 4.31 Å². The lowest BCUT2D eigenvalue weighted by molar-refractivity contribution is -0.137. The van der Waals surface area contributed by atoms with Gasteiger partial charge in [0.05, 0.1) is 26.2 Å². The first-order valence-corrected chi connectivity index (χ1v) is 8.86. The Labute approximate surface area is 164 Å². The van der Waals surface area contributed by atoms with Gasteiger partial charge < -0.3 is 9.84 Å². The molecular weight excluding hydrogens is 432 g/mol. The van der Waals surface area contributed by atoms with E-state index in [4.69, 9.17) is 27.9 Å². The van der Waals surface area contributed by atoms with Gasteiger partial charge in [-0.1, -0.05) is 23.2 Å². The molecule has 0 aliphatic carbocycles. The highest BCUT2D eigenvalue weighted by Gasteiger charge is 2.34. The second-order valence-electron chi connectivity index (χ2n) is 5.01. The summed E-state index contributed by atoms with van der Waals surface area (Å²) in [4.78, 5) is 14.8. The Morgan fingerprint density at radius 3 is 2.56 bits per heavy atom. The molecule has 12 heteroatoms. The van der Waals surface area contributed by atoms with Crippen molar-refractivity contribution in [1.82, 2.24) is 4.98 Å². The van der Waals surface area contributed by atoms with Crippen LogP contribution in [0, 0.1) is 0 Å². The zero-order chi connectivity index (χ0) is 20.4. The van der Waals surface area contributed by atoms with Gasteiger partial charge >= 0.3 is 12.1 Å². The maximum atomic E-state index is 13.1. The van der Waals surface area contributed by atoms with Crippen molar-refractivity contribution in [1.29, 1.82) is 0 Å². The molecule has 27 heavy (non-hydrogen) atoms. The lowest BCUT2D eigenvalue weighted by Crippen LogP contribution is -2.30. The van der Waals surface area contributed by atoms with Gasteiger partial charge in [-0.05, 0) is 24.3 Å². The van der Waals surface area contributed by atoms with Gasteiger partial charge in [0.1, 0.15) is 6.73 Å². The van der Waals surface area contributed by atoms with E-state index in [9.17, 15) is 27.3 Å². The van der Waals surface area contributed by atoms with Crippen LogP contribution >= 0.6 is 23.2 Å². The van der Waals surface area contributed by atoms with E-state index in [1.165, 1.54) is 13.2 Å². The molecule has 0 fully saturated rings. The number of hydrogen-bond acceptors (Lipinski definition) is 4. The number of carbonyl (C=O) groups is 1. The van der Waals surface area contributed by atoms with Gasteiger partial charge in [-0.3, -0.25) is 4.31 Å². The molecule has 0 radical (unpaired) electrons. The van der Waals surface area contributed by atoms with Gasteiger partial charge in [0.25, 0.3) is 0 Å². The first-order chi connectivity index (χ1) is 12.6. The highest BCUT2D eigenvalue weighted by molar-refractivity contribution is 7.86. The quantitative estimate of drug-likeness (QED) is 0.676. The zero-order valence-corrected chi connectivity index (χ0v) is 15.8. The molecule has 0 amide bonds. The number of hydrogen-bond donors (Lipinski definition) is 1. The Hall–Kier alpha value is -1.88. The molecule has 0 bridgehead atoms. The van der Waals surface area contributed by atoms with E-state index in [1.54, 1.807) is 0 Å². The summed E-state index contributed by atoms with van der Waals surface area (Å²) < 4.78 is 57.9. The van der Waals surface area contributed by atoms with Gasteiger partial charge in [-0.25, -0.2) is 14.0 Å². The Morgan fingerprint density at radius 1 is 1.33 bits per heavy atom. The highest BCUT2D eigenvalue weighted by atomic mass is 35.5. The summed E-state index contributed by atoms with van der Waals surface area (Å²) >= 11 is 11.4. The number of halogens is 5. The second-order valence-corrected chi connectivity index (χ2v) is 7.27. The molecule has 1 heterocycles. The fourth-order valence-electron chi connectivity index (χ4n) is 2.06. The topological polar surface area (TPSA) is 79.7 Å². The normalized spacial score (nSPS) is 12.7. The van der Waals surface area contributed by atoms with Gasteiger partial charge in [0.2, 0.25) is 0 Å². The average molecular weight is 443 g/mol. The molecule has 1 atom stereocenters. The fraction of sp³-hybridized carbons (Fsp3) is 0.200. The third-order valence-corrected chi connectivity index (χ3v) is 5.09. The van der Waals surface area contributed by atoms with Crippen molar-refractivity contribution in [2.24, 2.45) is 0 Å². The molecule has 1 N–H and O–H groups in total. The van der Waals surface area contributed by atoms with Crippen LogP contribution in [0.3, 0.4) is 0 Å². The molecule has 2 rings (SSSR count). The lowest BCUT2D eigenvalue weighted by Gasteiger charge is -2.24. The molecule has 0 aliphatic heterocycles. The minimum absolute atomic E-state index is 0.0418. The van der Waals surface area contributed by atoms with Crippen LogP contribution in [-0.2, 0) is 21.9 Å². The lowest BCUT2D eigenvalue weighted by atomic mass is 10.2. The number of ether oxygens (including phenoxy) is 1. The molecule has 1 aromatic carbocycles. The van der Waals surface area contributed by atoms with Crippen molar-refractivity contribution < 1.29 is 32.0 Å². The third kappa shape index (κ3) is 4.89. The second kappa shape index (κ2) is 8.42. The molecule has 146 valence electrons. The summed E-state index contributed by atoms with van der Waals surface area (Å²) in [6.07, 6.45) is -3.68. The Morgan fingerprint density at radius 2 is 2.00 bits per heavy atom. The number of methoxy groups -OCH3 is 1. The molecule has 0 aliphatic rings. The van der Waals surface area contributed by atoms with Crippen molar-refractivity contribution in [3.05, 3.63) is 51.8 Å². The summed E-state index contributed by atoms with van der Waals surface area (Å²) in [7, 11) is -1.03. The van der Waals surface area contributed by atoms with Gasteiger partial charge in [-0.15, -0.1) is 0 Å². The molecule has 1 aromatic heterocycles. The van der Waals surface area contributed by atoms with E-state index in [1.807, 2.05) is 0 Å². The van der Waals surface area contributed by atoms with Crippen molar-refractivity contribution in [3.63, 3.8) is 0 Å². The Bertz CT molecular complexity index is 896. The van der Waals surface area contributed by atoms with Crippen LogP contribution in [0.25, 0.3) is 0 Å². The molecule has 0 spiro atoms. The largest absolute Gasteiger partial charge is 0.476 e. The van der Waals surface area contributed by atoms with Crippen LogP contribution in [0.2, 0.25) is 10.0 Å². The van der Waals surface area contributed by atoms with Crippen molar-refractivity contribution in [2.75, 3.05) is 18.1 Å². The van der Waals surface area contributed by atoms with E-state index in [0.29, 0.717) is 6.07 Å². The first kappa shape index (κ1) is 21.4. The van der Waals surface area contributed by atoms with E-state index in [2.05, 4.69) is 4.98 Å². The number of benzene rings is 1. The third-order valence-electron chi connectivity index (χ3n) is 3.20. The highest BCUT2D eigenvalue weighted by Crippen LogP contribution is 2.36. The van der Waals surface area contributed by atoms with Crippen molar-refractivity contribution in [3.8, 4) is 0 Å². The number of rotatable bonds is 6. The summed E-state index contributed by atoms with van der Waals surface area (Å²) in [6, 6.07) is 3.89. The summed E-state index contributed by atoms with van der Waals surface area (Å²) in [5.74, 6) is -1.44. The molecule has 2 aromatic rings. The van der Waals surface area contributed by atoms with Crippen LogP contribution in [0.4, 0.5) is 18.9 Å².